The van der Waals surface area contributed by atoms with Crippen LogP contribution in [0.25, 0.3) is 11.1 Å². The normalized spacial score (nSPS) is 22.1. The molecule has 1 amide bonds. The molecule has 0 bridgehead atoms. The number of ether oxygens (including phenoxy) is 1. The number of nitrogens with zero attached hydrogens (tertiary/aromatic N) is 2. The van der Waals surface area contributed by atoms with Crippen LogP contribution in [0.1, 0.15) is 38.7 Å². The highest BCUT2D eigenvalue weighted by Gasteiger charge is 2.25. The van der Waals surface area contributed by atoms with Crippen LogP contribution in [0.3, 0.4) is 0 Å². The monoisotopic (exact) mass is 379 g/mol. The highest BCUT2D eigenvalue weighted by atomic mass is 16.5. The van der Waals surface area contributed by atoms with Crippen LogP contribution >= 0.6 is 0 Å². The lowest BCUT2D eigenvalue weighted by molar-refractivity contribution is -0.121. The summed E-state index contributed by atoms with van der Waals surface area (Å²) in [5.41, 5.74) is 4.59. The number of nitrogens with one attached hydrogen (secondary N) is 1. The molecule has 1 aromatic carbocycles. The molecule has 2 atom stereocenters. The van der Waals surface area contributed by atoms with Gasteiger partial charge in [0.1, 0.15) is 0 Å². The number of hydrogen-bond acceptors (Lipinski definition) is 4. The van der Waals surface area contributed by atoms with Gasteiger partial charge >= 0.3 is 0 Å². The fraction of sp³-hybridized carbons (Fsp3) is 0.478. The molecule has 1 saturated heterocycles. The second-order valence-corrected chi connectivity index (χ2v) is 8.16. The highest BCUT2D eigenvalue weighted by molar-refractivity contribution is 5.77. The Morgan fingerprint density at radius 3 is 2.54 bits per heavy atom. The van der Waals surface area contributed by atoms with E-state index in [1.807, 2.05) is 24.5 Å². The number of pyridine rings is 1. The van der Waals surface area contributed by atoms with E-state index in [9.17, 15) is 4.79 Å². The van der Waals surface area contributed by atoms with Crippen LogP contribution in [0.15, 0.2) is 42.7 Å². The quantitative estimate of drug-likeness (QED) is 0.830. The Morgan fingerprint density at radius 1 is 1.14 bits per heavy atom. The minimum Gasteiger partial charge on any atom is -0.372 e. The van der Waals surface area contributed by atoms with Crippen molar-refractivity contribution in [3.63, 3.8) is 0 Å². The molecule has 1 saturated carbocycles. The van der Waals surface area contributed by atoms with E-state index in [1.54, 1.807) is 0 Å². The first-order valence-electron chi connectivity index (χ1n) is 10.3. The van der Waals surface area contributed by atoms with Crippen LogP contribution in [0.2, 0.25) is 0 Å². The molecule has 148 valence electrons. The second-order valence-electron chi connectivity index (χ2n) is 8.16. The molecule has 2 aliphatic rings. The first kappa shape index (κ1) is 18.9. The molecule has 0 unspecified atom stereocenters. The van der Waals surface area contributed by atoms with E-state index in [1.165, 1.54) is 18.5 Å². The molecular weight excluding hydrogens is 350 g/mol. The Hall–Kier alpha value is -2.40. The minimum absolute atomic E-state index is 0.155. The van der Waals surface area contributed by atoms with Crippen molar-refractivity contribution >= 4 is 11.6 Å². The largest absolute Gasteiger partial charge is 0.372 e. The van der Waals surface area contributed by atoms with E-state index in [0.717, 1.165) is 29.8 Å². The van der Waals surface area contributed by atoms with Crippen molar-refractivity contribution in [1.82, 2.24) is 10.3 Å². The van der Waals surface area contributed by atoms with Gasteiger partial charge in [-0.15, -0.1) is 0 Å². The number of hydrogen-bond donors (Lipinski definition) is 1. The molecule has 2 aromatic rings. The maximum Gasteiger partial charge on any atom is 0.220 e. The van der Waals surface area contributed by atoms with Crippen LogP contribution in [-0.2, 0) is 16.1 Å². The predicted octanol–water partition coefficient (Wildman–Crippen LogP) is 3.78. The second kappa shape index (κ2) is 8.31. The summed E-state index contributed by atoms with van der Waals surface area (Å²) >= 11 is 0. The summed E-state index contributed by atoms with van der Waals surface area (Å²) in [6, 6.07) is 10.6. The lowest BCUT2D eigenvalue weighted by atomic mass is 9.99. The highest BCUT2D eigenvalue weighted by Crippen LogP contribution is 2.32. The van der Waals surface area contributed by atoms with E-state index in [4.69, 9.17) is 4.74 Å². The van der Waals surface area contributed by atoms with Gasteiger partial charge in [0.2, 0.25) is 5.91 Å². The SMILES string of the molecule is C[C@@H]1CN(c2ccc(-c3ccncc3)c(CNC(=O)CC3CC3)c2)C[C@H](C)O1. The van der Waals surface area contributed by atoms with Gasteiger partial charge in [0.05, 0.1) is 12.2 Å². The van der Waals surface area contributed by atoms with Gasteiger partial charge in [0.15, 0.2) is 0 Å². The maximum atomic E-state index is 12.2. The number of aromatic nitrogens is 1. The number of benzene rings is 1. The first-order valence-corrected chi connectivity index (χ1v) is 10.3. The van der Waals surface area contributed by atoms with Gasteiger partial charge in [-0.1, -0.05) is 6.07 Å². The summed E-state index contributed by atoms with van der Waals surface area (Å²) in [5, 5.41) is 3.13. The molecule has 2 fully saturated rings. The number of rotatable bonds is 6. The predicted molar refractivity (Wildman–Crippen MR) is 111 cm³/mol. The van der Waals surface area contributed by atoms with Crippen molar-refractivity contribution in [1.29, 1.82) is 0 Å². The zero-order valence-corrected chi connectivity index (χ0v) is 16.7. The maximum absolute atomic E-state index is 12.2. The zero-order valence-electron chi connectivity index (χ0n) is 16.7. The topological polar surface area (TPSA) is 54.5 Å². The van der Waals surface area contributed by atoms with Gasteiger partial charge in [-0.05, 0) is 73.6 Å². The lowest BCUT2D eigenvalue weighted by Gasteiger charge is -2.37. The fourth-order valence-electron chi connectivity index (χ4n) is 3.98. The molecule has 5 heteroatoms. The van der Waals surface area contributed by atoms with E-state index >= 15 is 0 Å². The number of morpholine rings is 1. The van der Waals surface area contributed by atoms with Crippen LogP contribution in [0, 0.1) is 5.92 Å². The molecule has 0 radical (unpaired) electrons. The molecule has 28 heavy (non-hydrogen) atoms. The van der Waals surface area contributed by atoms with Crippen LogP contribution in [0.5, 0.6) is 0 Å². The lowest BCUT2D eigenvalue weighted by Crippen LogP contribution is -2.45. The van der Waals surface area contributed by atoms with Gasteiger partial charge in [-0.25, -0.2) is 0 Å². The molecule has 1 N–H and O–H groups in total. The summed E-state index contributed by atoms with van der Waals surface area (Å²) in [7, 11) is 0. The molecule has 1 aliphatic carbocycles. The van der Waals surface area contributed by atoms with Crippen molar-refractivity contribution in [3.8, 4) is 11.1 Å². The fourth-order valence-corrected chi connectivity index (χ4v) is 3.98. The Morgan fingerprint density at radius 2 is 1.86 bits per heavy atom. The summed E-state index contributed by atoms with van der Waals surface area (Å²) < 4.78 is 5.88. The summed E-state index contributed by atoms with van der Waals surface area (Å²) in [6.07, 6.45) is 7.09. The molecule has 2 heterocycles. The van der Waals surface area contributed by atoms with Crippen molar-refractivity contribution in [2.45, 2.75) is 51.9 Å². The van der Waals surface area contributed by atoms with Gasteiger partial charge in [0, 0.05) is 44.1 Å². The molecule has 4 rings (SSSR count). The molecular formula is C23H29N3O2. The third-order valence-electron chi connectivity index (χ3n) is 5.51. The van der Waals surface area contributed by atoms with Gasteiger partial charge in [0.25, 0.3) is 0 Å². The smallest absolute Gasteiger partial charge is 0.220 e. The van der Waals surface area contributed by atoms with E-state index < -0.39 is 0 Å². The van der Waals surface area contributed by atoms with Crippen LogP contribution in [0.4, 0.5) is 5.69 Å². The Labute approximate surface area is 167 Å². The average molecular weight is 380 g/mol. The summed E-state index contributed by atoms with van der Waals surface area (Å²) in [6.45, 7) is 6.55. The van der Waals surface area contributed by atoms with Crippen LogP contribution < -0.4 is 10.2 Å². The Kier molecular flexibility index (Phi) is 5.62. The van der Waals surface area contributed by atoms with Crippen molar-refractivity contribution in [3.05, 3.63) is 48.3 Å². The van der Waals surface area contributed by atoms with E-state index in [0.29, 0.717) is 18.9 Å². The minimum atomic E-state index is 0.155. The third-order valence-corrected chi connectivity index (χ3v) is 5.51. The Bertz CT molecular complexity index is 810. The molecule has 1 aromatic heterocycles. The van der Waals surface area contributed by atoms with E-state index in [-0.39, 0.29) is 18.1 Å². The number of carbonyl (C=O) groups is 1. The van der Waals surface area contributed by atoms with Crippen LogP contribution in [-0.4, -0.2) is 36.2 Å². The standard InChI is InChI=1S/C23H29N3O2/c1-16-14-26(15-17(2)28-16)21-5-6-22(19-7-9-24-10-8-19)20(12-21)13-25-23(27)11-18-3-4-18/h5-10,12,16-18H,3-4,11,13-15H2,1-2H3,(H,25,27)/t16-,17+. The van der Waals surface area contributed by atoms with Crippen molar-refractivity contribution in [2.24, 2.45) is 5.92 Å². The summed E-state index contributed by atoms with van der Waals surface area (Å²) in [5.74, 6) is 0.754. The van der Waals surface area contributed by atoms with Crippen molar-refractivity contribution < 1.29 is 9.53 Å². The van der Waals surface area contributed by atoms with Crippen molar-refractivity contribution in [2.75, 3.05) is 18.0 Å². The number of anilines is 1. The molecule has 1 aliphatic heterocycles. The van der Waals surface area contributed by atoms with Gasteiger partial charge in [-0.2, -0.15) is 0 Å². The average Bonchev–Trinajstić information content (AvgIpc) is 3.50. The zero-order chi connectivity index (χ0) is 19.5. The number of amides is 1. The number of carbonyl (C=O) groups excluding carboxylic acids is 1. The third kappa shape index (κ3) is 4.71. The van der Waals surface area contributed by atoms with Gasteiger partial charge in [-0.3, -0.25) is 9.78 Å². The van der Waals surface area contributed by atoms with Gasteiger partial charge < -0.3 is 15.0 Å². The molecule has 5 nitrogen and oxygen atoms in total. The first-order chi connectivity index (χ1) is 13.6. The Balaban J connectivity index is 1.58. The van der Waals surface area contributed by atoms with E-state index in [2.05, 4.69) is 47.2 Å². The summed E-state index contributed by atoms with van der Waals surface area (Å²) in [4.78, 5) is 18.7. The molecule has 0 spiro atoms.